The SMILES string of the molecule is Cc1csc(-c2cc(S(=O)(=O)NCc3ccc(OC(C)C)cc3)c(C)n2C)n1. The highest BCUT2D eigenvalue weighted by molar-refractivity contribution is 7.89. The zero-order chi connectivity index (χ0) is 20.5. The van der Waals surface area contributed by atoms with Gasteiger partial charge in [0.25, 0.3) is 0 Å². The van der Waals surface area contributed by atoms with Gasteiger partial charge in [0, 0.05) is 30.4 Å². The zero-order valence-electron chi connectivity index (χ0n) is 16.7. The number of aromatic nitrogens is 2. The summed E-state index contributed by atoms with van der Waals surface area (Å²) in [6, 6.07) is 9.11. The molecule has 1 aromatic carbocycles. The number of aryl methyl sites for hydroxylation is 1. The van der Waals surface area contributed by atoms with Gasteiger partial charge in [0.1, 0.15) is 15.7 Å². The van der Waals surface area contributed by atoms with E-state index in [1.807, 2.05) is 62.0 Å². The summed E-state index contributed by atoms with van der Waals surface area (Å²) in [6.07, 6.45) is 0.0984. The van der Waals surface area contributed by atoms with Crippen molar-refractivity contribution in [1.82, 2.24) is 14.3 Å². The van der Waals surface area contributed by atoms with Crippen LogP contribution in [-0.2, 0) is 23.6 Å². The first kappa shape index (κ1) is 20.6. The molecule has 0 amide bonds. The quantitative estimate of drug-likeness (QED) is 0.627. The van der Waals surface area contributed by atoms with Crippen LogP contribution in [0.1, 0.15) is 30.8 Å². The summed E-state index contributed by atoms with van der Waals surface area (Å²) >= 11 is 1.51. The lowest BCUT2D eigenvalue weighted by Gasteiger charge is -2.11. The number of sulfonamides is 1. The molecule has 0 unspecified atom stereocenters. The molecule has 0 aliphatic carbocycles. The Hall–Kier alpha value is -2.16. The van der Waals surface area contributed by atoms with Crippen molar-refractivity contribution in [1.29, 1.82) is 0 Å². The Morgan fingerprint density at radius 2 is 1.89 bits per heavy atom. The third-order valence-corrected chi connectivity index (χ3v) is 6.88. The van der Waals surface area contributed by atoms with E-state index in [-0.39, 0.29) is 17.5 Å². The van der Waals surface area contributed by atoms with E-state index in [0.717, 1.165) is 27.7 Å². The minimum atomic E-state index is -3.65. The second-order valence-corrected chi connectivity index (χ2v) is 9.56. The maximum Gasteiger partial charge on any atom is 0.242 e. The fraction of sp³-hybridized carbons (Fsp3) is 0.350. The van der Waals surface area contributed by atoms with Gasteiger partial charge >= 0.3 is 0 Å². The maximum absolute atomic E-state index is 12.9. The number of nitrogens with one attached hydrogen (secondary N) is 1. The van der Waals surface area contributed by atoms with Crippen molar-refractivity contribution < 1.29 is 13.2 Å². The van der Waals surface area contributed by atoms with Crippen molar-refractivity contribution in [3.8, 4) is 16.5 Å². The molecule has 8 heteroatoms. The average molecular weight is 420 g/mol. The normalized spacial score (nSPS) is 11.9. The molecule has 150 valence electrons. The molecule has 3 aromatic rings. The van der Waals surface area contributed by atoms with Gasteiger partial charge in [0.05, 0.1) is 11.8 Å². The van der Waals surface area contributed by atoms with Crippen molar-refractivity contribution in [2.24, 2.45) is 7.05 Å². The van der Waals surface area contributed by atoms with Gasteiger partial charge in [-0.1, -0.05) is 12.1 Å². The van der Waals surface area contributed by atoms with Crippen LogP contribution in [0.15, 0.2) is 40.6 Å². The molecule has 0 radical (unpaired) electrons. The molecule has 0 fully saturated rings. The molecule has 0 bridgehead atoms. The van der Waals surface area contributed by atoms with Gasteiger partial charge in [-0.05, 0) is 51.5 Å². The summed E-state index contributed by atoms with van der Waals surface area (Å²) < 4.78 is 35.9. The van der Waals surface area contributed by atoms with Gasteiger partial charge in [0.2, 0.25) is 10.0 Å². The summed E-state index contributed by atoms with van der Waals surface area (Å²) in [5, 5.41) is 2.77. The number of hydrogen-bond donors (Lipinski definition) is 1. The monoisotopic (exact) mass is 419 g/mol. The van der Waals surface area contributed by atoms with E-state index >= 15 is 0 Å². The molecule has 1 N–H and O–H groups in total. The molecule has 0 aliphatic heterocycles. The first-order chi connectivity index (χ1) is 13.2. The first-order valence-corrected chi connectivity index (χ1v) is 11.4. The fourth-order valence-electron chi connectivity index (χ4n) is 2.83. The van der Waals surface area contributed by atoms with Crippen LogP contribution in [0.3, 0.4) is 0 Å². The highest BCUT2D eigenvalue weighted by Gasteiger charge is 2.23. The van der Waals surface area contributed by atoms with Crippen LogP contribution >= 0.6 is 11.3 Å². The summed E-state index contributed by atoms with van der Waals surface area (Å²) in [7, 11) is -1.79. The Morgan fingerprint density at radius 1 is 1.21 bits per heavy atom. The molecule has 0 spiro atoms. The predicted molar refractivity (Wildman–Crippen MR) is 112 cm³/mol. The molecule has 3 rings (SSSR count). The summed E-state index contributed by atoms with van der Waals surface area (Å²) in [5.41, 5.74) is 3.26. The Morgan fingerprint density at radius 3 is 2.46 bits per heavy atom. The summed E-state index contributed by atoms with van der Waals surface area (Å²) in [6.45, 7) is 7.87. The lowest BCUT2D eigenvalue weighted by Crippen LogP contribution is -2.23. The van der Waals surface area contributed by atoms with Crippen LogP contribution < -0.4 is 9.46 Å². The predicted octanol–water partition coefficient (Wildman–Crippen LogP) is 4.03. The maximum atomic E-state index is 12.9. The van der Waals surface area contributed by atoms with E-state index in [9.17, 15) is 8.42 Å². The highest BCUT2D eigenvalue weighted by atomic mass is 32.2. The van der Waals surface area contributed by atoms with E-state index in [1.165, 1.54) is 11.3 Å². The largest absolute Gasteiger partial charge is 0.491 e. The molecule has 0 atom stereocenters. The number of rotatable bonds is 7. The number of ether oxygens (including phenoxy) is 1. The molecule has 6 nitrogen and oxygen atoms in total. The number of benzene rings is 1. The van der Waals surface area contributed by atoms with Crippen LogP contribution in [0.4, 0.5) is 0 Å². The Labute approximate surface area is 170 Å². The molecule has 0 saturated heterocycles. The van der Waals surface area contributed by atoms with Gasteiger partial charge < -0.3 is 9.30 Å². The van der Waals surface area contributed by atoms with E-state index < -0.39 is 10.0 Å². The van der Waals surface area contributed by atoms with E-state index in [4.69, 9.17) is 4.74 Å². The number of thiazole rings is 1. The van der Waals surface area contributed by atoms with E-state index in [1.54, 1.807) is 13.0 Å². The summed E-state index contributed by atoms with van der Waals surface area (Å²) in [4.78, 5) is 4.75. The fourth-order valence-corrected chi connectivity index (χ4v) is 4.99. The highest BCUT2D eigenvalue weighted by Crippen LogP contribution is 2.29. The Bertz CT molecular complexity index is 1060. The third-order valence-electron chi connectivity index (χ3n) is 4.38. The van der Waals surface area contributed by atoms with E-state index in [2.05, 4.69) is 9.71 Å². The zero-order valence-corrected chi connectivity index (χ0v) is 18.3. The summed E-state index contributed by atoms with van der Waals surface area (Å²) in [5.74, 6) is 0.767. The third kappa shape index (κ3) is 4.45. The lowest BCUT2D eigenvalue weighted by atomic mass is 10.2. The topological polar surface area (TPSA) is 73.2 Å². The van der Waals surface area contributed by atoms with Crippen LogP contribution in [0.25, 0.3) is 10.7 Å². The van der Waals surface area contributed by atoms with Crippen molar-refractivity contribution in [2.75, 3.05) is 0 Å². The Kier molecular flexibility index (Phi) is 5.92. The van der Waals surface area contributed by atoms with Crippen LogP contribution in [0.5, 0.6) is 5.75 Å². The lowest BCUT2D eigenvalue weighted by molar-refractivity contribution is 0.242. The molecular formula is C20H25N3O3S2. The van der Waals surface area contributed by atoms with Gasteiger partial charge in [-0.25, -0.2) is 18.1 Å². The smallest absolute Gasteiger partial charge is 0.242 e. The Balaban J connectivity index is 1.78. The van der Waals surface area contributed by atoms with Crippen molar-refractivity contribution in [3.63, 3.8) is 0 Å². The van der Waals surface area contributed by atoms with Crippen LogP contribution in [0, 0.1) is 13.8 Å². The van der Waals surface area contributed by atoms with Gasteiger partial charge in [-0.15, -0.1) is 11.3 Å². The number of hydrogen-bond acceptors (Lipinski definition) is 5. The van der Waals surface area contributed by atoms with Crippen LogP contribution in [-0.4, -0.2) is 24.1 Å². The molecular weight excluding hydrogens is 394 g/mol. The van der Waals surface area contributed by atoms with Crippen molar-refractivity contribution >= 4 is 21.4 Å². The molecule has 28 heavy (non-hydrogen) atoms. The second kappa shape index (κ2) is 8.06. The van der Waals surface area contributed by atoms with E-state index in [0.29, 0.717) is 5.69 Å². The first-order valence-electron chi connectivity index (χ1n) is 9.01. The van der Waals surface area contributed by atoms with Crippen LogP contribution in [0.2, 0.25) is 0 Å². The molecule has 2 heterocycles. The molecule has 0 aliphatic rings. The average Bonchev–Trinajstić information content (AvgIpc) is 3.18. The molecule has 0 saturated carbocycles. The standard InChI is InChI=1S/C20H25N3O3S2/c1-13(2)26-17-8-6-16(7-9-17)11-21-28(24,25)19-10-18(23(5)15(19)4)20-22-14(3)12-27-20/h6-10,12-13,21H,11H2,1-5H3. The van der Waals surface area contributed by atoms with Gasteiger partial charge in [0.15, 0.2) is 0 Å². The van der Waals surface area contributed by atoms with Crippen molar-refractivity contribution in [2.45, 2.75) is 45.2 Å². The minimum Gasteiger partial charge on any atom is -0.491 e. The number of nitrogens with zero attached hydrogens (tertiary/aromatic N) is 2. The second-order valence-electron chi connectivity index (χ2n) is 6.97. The molecule has 2 aromatic heterocycles. The van der Waals surface area contributed by atoms with Gasteiger partial charge in [-0.3, -0.25) is 0 Å². The van der Waals surface area contributed by atoms with Crippen molar-refractivity contribution in [3.05, 3.63) is 52.7 Å². The van der Waals surface area contributed by atoms with Gasteiger partial charge in [-0.2, -0.15) is 0 Å². The minimum absolute atomic E-state index is 0.0984.